The van der Waals surface area contributed by atoms with Gasteiger partial charge < -0.3 is 26.0 Å². The van der Waals surface area contributed by atoms with E-state index in [1.54, 1.807) is 0 Å². The van der Waals surface area contributed by atoms with E-state index in [0.29, 0.717) is 17.1 Å². The first-order chi connectivity index (χ1) is 12.6. The van der Waals surface area contributed by atoms with Crippen LogP contribution in [0.4, 0.5) is 5.00 Å². The molecule has 1 aliphatic heterocycles. The molecule has 2 aliphatic rings. The molecule has 0 unspecified atom stereocenters. The molecule has 142 valence electrons. The van der Waals surface area contributed by atoms with Crippen molar-refractivity contribution in [3.8, 4) is 0 Å². The average Bonchev–Trinajstić information content (AvgIpc) is 3.19. The molecule has 1 saturated heterocycles. The van der Waals surface area contributed by atoms with Crippen LogP contribution in [0.3, 0.4) is 0 Å². The molecule has 0 atom stereocenters. The fourth-order valence-electron chi connectivity index (χ4n) is 3.44. The molecule has 26 heavy (non-hydrogen) atoms. The van der Waals surface area contributed by atoms with E-state index in [-0.39, 0.29) is 0 Å². The van der Waals surface area contributed by atoms with Gasteiger partial charge >= 0.3 is 11.8 Å². The van der Waals surface area contributed by atoms with Crippen molar-refractivity contribution in [1.29, 1.82) is 0 Å². The van der Waals surface area contributed by atoms with Crippen LogP contribution in [0.1, 0.15) is 33.6 Å². The third-order valence-electron chi connectivity index (χ3n) is 4.79. The monoisotopic (exact) mass is 381 g/mol. The number of morpholine rings is 1. The first-order valence-electron chi connectivity index (χ1n) is 9.01. The summed E-state index contributed by atoms with van der Waals surface area (Å²) in [5.41, 5.74) is 6.74. The smallest absolute Gasteiger partial charge is 0.314 e. The lowest BCUT2D eigenvalue weighted by atomic mass is 10.1. The zero-order valence-corrected chi connectivity index (χ0v) is 15.5. The van der Waals surface area contributed by atoms with Crippen molar-refractivity contribution in [2.75, 3.05) is 44.7 Å². The van der Waals surface area contributed by atoms with Crippen LogP contribution < -0.4 is 21.3 Å². The second-order valence-corrected chi connectivity index (χ2v) is 7.71. The molecule has 8 nitrogen and oxygen atoms in total. The molecule has 1 aromatic rings. The van der Waals surface area contributed by atoms with Crippen LogP contribution in [0, 0.1) is 0 Å². The molecule has 3 amide bonds. The van der Waals surface area contributed by atoms with Gasteiger partial charge in [0.05, 0.1) is 25.3 Å². The van der Waals surface area contributed by atoms with E-state index in [9.17, 15) is 14.4 Å². The predicted molar refractivity (Wildman–Crippen MR) is 97.5 cm³/mol. The van der Waals surface area contributed by atoms with Gasteiger partial charge in [0, 0.05) is 17.8 Å². The quantitative estimate of drug-likeness (QED) is 0.362. The van der Waals surface area contributed by atoms with E-state index in [2.05, 4.69) is 10.6 Å². The van der Waals surface area contributed by atoms with E-state index in [1.807, 2.05) is 0 Å². The Kier molecular flexibility index (Phi) is 6.23. The summed E-state index contributed by atoms with van der Waals surface area (Å²) in [7, 11) is 0. The van der Waals surface area contributed by atoms with E-state index < -0.39 is 17.7 Å². The summed E-state index contributed by atoms with van der Waals surface area (Å²) in [6.45, 7) is 4.89. The number of aryl methyl sites for hydroxylation is 1. The van der Waals surface area contributed by atoms with Gasteiger partial charge in [-0.3, -0.25) is 14.4 Å². The second-order valence-electron chi connectivity index (χ2n) is 6.60. The lowest BCUT2D eigenvalue weighted by molar-refractivity contribution is -0.908. The minimum Gasteiger partial charge on any atom is -0.370 e. The average molecular weight is 381 g/mol. The lowest BCUT2D eigenvalue weighted by Gasteiger charge is -2.23. The lowest BCUT2D eigenvalue weighted by Crippen LogP contribution is -3.14. The molecular weight excluding hydrogens is 356 g/mol. The highest BCUT2D eigenvalue weighted by atomic mass is 32.1. The van der Waals surface area contributed by atoms with Crippen molar-refractivity contribution < 1.29 is 24.0 Å². The highest BCUT2D eigenvalue weighted by Gasteiger charge is 2.27. The zero-order chi connectivity index (χ0) is 18.5. The van der Waals surface area contributed by atoms with Crippen LogP contribution in [0.15, 0.2) is 0 Å². The summed E-state index contributed by atoms with van der Waals surface area (Å²) in [6, 6.07) is 0. The number of primary amides is 1. The number of hydrogen-bond donors (Lipinski definition) is 4. The molecular formula is C17H25N4O4S+. The van der Waals surface area contributed by atoms with Gasteiger partial charge in [-0.05, 0) is 24.8 Å². The number of quaternary nitrogens is 1. The van der Waals surface area contributed by atoms with Gasteiger partial charge in [-0.25, -0.2) is 0 Å². The number of carbonyl (C=O) groups is 3. The third kappa shape index (κ3) is 4.40. The Balaban J connectivity index is 1.47. The molecule has 5 N–H and O–H groups in total. The van der Waals surface area contributed by atoms with Gasteiger partial charge in [-0.15, -0.1) is 11.3 Å². The van der Waals surface area contributed by atoms with E-state index >= 15 is 0 Å². The number of anilines is 1. The van der Waals surface area contributed by atoms with Crippen molar-refractivity contribution in [2.45, 2.75) is 25.7 Å². The molecule has 9 heteroatoms. The zero-order valence-electron chi connectivity index (χ0n) is 14.7. The number of thiophene rings is 1. The number of fused-ring (bicyclic) bond motifs is 1. The normalized spacial score (nSPS) is 16.9. The van der Waals surface area contributed by atoms with Crippen molar-refractivity contribution in [1.82, 2.24) is 5.32 Å². The largest absolute Gasteiger partial charge is 0.370 e. The summed E-state index contributed by atoms with van der Waals surface area (Å²) in [6.07, 6.45) is 3.46. The van der Waals surface area contributed by atoms with Crippen LogP contribution in [0.2, 0.25) is 0 Å². The molecule has 0 radical (unpaired) electrons. The Morgan fingerprint density at radius 1 is 1.15 bits per heavy atom. The minimum absolute atomic E-state index is 0.361. The first kappa shape index (κ1) is 18.8. The maximum atomic E-state index is 12.1. The molecule has 0 aromatic carbocycles. The Labute approximate surface area is 156 Å². The minimum atomic E-state index is -0.758. The standard InChI is InChI=1S/C17H24N4O4S/c18-14(22)13-11-3-1-4-12(11)26-17(13)20-16(24)15(23)19-5-2-6-21-7-9-25-10-8-21/h1-10H2,(H2,18,22)(H,19,23)(H,20,24)/p+1. The predicted octanol–water partition coefficient (Wildman–Crippen LogP) is -1.30. The van der Waals surface area contributed by atoms with Crippen molar-refractivity contribution >= 4 is 34.1 Å². The maximum absolute atomic E-state index is 12.1. The maximum Gasteiger partial charge on any atom is 0.314 e. The molecule has 1 aliphatic carbocycles. The number of hydrogen-bond acceptors (Lipinski definition) is 5. The summed E-state index contributed by atoms with van der Waals surface area (Å²) < 4.78 is 5.31. The SMILES string of the molecule is NC(=O)c1c(NC(=O)C(=O)NCCC[NH+]2CCOCC2)sc2c1CCC2. The molecule has 2 heterocycles. The third-order valence-corrected chi connectivity index (χ3v) is 6.00. The molecule has 0 saturated carbocycles. The van der Waals surface area contributed by atoms with Gasteiger partial charge in [0.25, 0.3) is 5.91 Å². The van der Waals surface area contributed by atoms with Crippen LogP contribution in [-0.4, -0.2) is 57.1 Å². The Morgan fingerprint density at radius 3 is 2.65 bits per heavy atom. The van der Waals surface area contributed by atoms with Gasteiger partial charge in [0.2, 0.25) is 0 Å². The van der Waals surface area contributed by atoms with Crippen LogP contribution in [0.5, 0.6) is 0 Å². The summed E-state index contributed by atoms with van der Waals surface area (Å²) in [5, 5.41) is 5.58. The number of nitrogens with two attached hydrogens (primary N) is 1. The number of carbonyl (C=O) groups excluding carboxylic acids is 3. The van der Waals surface area contributed by atoms with E-state index in [4.69, 9.17) is 10.5 Å². The van der Waals surface area contributed by atoms with Crippen molar-refractivity contribution in [2.24, 2.45) is 5.73 Å². The van der Waals surface area contributed by atoms with Crippen LogP contribution in [-0.2, 0) is 27.2 Å². The fourth-order valence-corrected chi connectivity index (χ4v) is 4.73. The summed E-state index contributed by atoms with van der Waals surface area (Å²) in [5.74, 6) is -2.01. The highest BCUT2D eigenvalue weighted by molar-refractivity contribution is 7.17. The molecule has 0 bridgehead atoms. The van der Waals surface area contributed by atoms with Gasteiger partial charge in [-0.2, -0.15) is 0 Å². The topological polar surface area (TPSA) is 115 Å². The number of rotatable bonds is 6. The fraction of sp³-hybridized carbons (Fsp3) is 0.588. The Morgan fingerprint density at radius 2 is 1.92 bits per heavy atom. The number of amides is 3. The van der Waals surface area contributed by atoms with Crippen molar-refractivity contribution in [3.63, 3.8) is 0 Å². The van der Waals surface area contributed by atoms with Gasteiger partial charge in [0.15, 0.2) is 0 Å². The number of ether oxygens (including phenoxy) is 1. The summed E-state index contributed by atoms with van der Waals surface area (Å²) >= 11 is 1.34. The molecule has 3 rings (SSSR count). The molecule has 1 fully saturated rings. The second kappa shape index (κ2) is 8.61. The van der Waals surface area contributed by atoms with Crippen LogP contribution >= 0.6 is 11.3 Å². The van der Waals surface area contributed by atoms with Gasteiger partial charge in [0.1, 0.15) is 18.1 Å². The summed E-state index contributed by atoms with van der Waals surface area (Å²) in [4.78, 5) is 38.4. The highest BCUT2D eigenvalue weighted by Crippen LogP contribution is 2.38. The molecule has 0 spiro atoms. The Hall–Kier alpha value is -1.97. The van der Waals surface area contributed by atoms with E-state index in [0.717, 1.165) is 69.0 Å². The molecule has 1 aromatic heterocycles. The first-order valence-corrected chi connectivity index (χ1v) is 9.82. The van der Waals surface area contributed by atoms with Crippen molar-refractivity contribution in [3.05, 3.63) is 16.0 Å². The number of nitrogens with one attached hydrogen (secondary N) is 3. The van der Waals surface area contributed by atoms with E-state index in [1.165, 1.54) is 16.2 Å². The van der Waals surface area contributed by atoms with Crippen LogP contribution in [0.25, 0.3) is 0 Å². The van der Waals surface area contributed by atoms with Gasteiger partial charge in [-0.1, -0.05) is 0 Å². The Bertz CT molecular complexity index is 697.